The van der Waals surface area contributed by atoms with Gasteiger partial charge in [0.25, 0.3) is 0 Å². The van der Waals surface area contributed by atoms with Gasteiger partial charge < -0.3 is 14.2 Å². The second-order valence-electron chi connectivity index (χ2n) is 7.93. The van der Waals surface area contributed by atoms with Gasteiger partial charge in [-0.3, -0.25) is 4.39 Å². The molecular weight excluding hydrogens is 424 g/mol. The number of hydrogen-bond acceptors (Lipinski definition) is 3. The molecule has 3 nitrogen and oxygen atoms in total. The highest BCUT2D eigenvalue weighted by Crippen LogP contribution is 2.43. The molecule has 0 aliphatic carbocycles. The van der Waals surface area contributed by atoms with Crippen molar-refractivity contribution in [3.05, 3.63) is 52.3 Å². The maximum atomic E-state index is 15.1. The van der Waals surface area contributed by atoms with Crippen LogP contribution in [-0.2, 0) is 17.6 Å². The quantitative estimate of drug-likeness (QED) is 0.320. The van der Waals surface area contributed by atoms with E-state index in [1.165, 1.54) is 6.07 Å². The Morgan fingerprint density at radius 3 is 2.31 bits per heavy atom. The van der Waals surface area contributed by atoms with Crippen molar-refractivity contribution in [1.82, 2.24) is 0 Å². The first kappa shape index (κ1) is 26.0. The fourth-order valence-corrected chi connectivity index (χ4v) is 3.46. The van der Waals surface area contributed by atoms with Crippen molar-refractivity contribution >= 4 is 0 Å². The molecule has 2 unspecified atom stereocenters. The smallest absolute Gasteiger partial charge is 0.205 e. The van der Waals surface area contributed by atoms with E-state index in [0.29, 0.717) is 36.9 Å². The normalized spacial score (nSPS) is 13.8. The van der Waals surface area contributed by atoms with Gasteiger partial charge in [0, 0.05) is 24.2 Å². The third kappa shape index (κ3) is 5.94. The molecule has 1 aliphatic rings. The average Bonchev–Trinajstić information content (AvgIpc) is 2.81. The first-order valence-electron chi connectivity index (χ1n) is 11.0. The average molecular weight is 457 g/mol. The molecule has 2 aromatic rings. The van der Waals surface area contributed by atoms with Crippen LogP contribution in [0.2, 0.25) is 0 Å². The zero-order valence-corrected chi connectivity index (χ0v) is 19.4. The van der Waals surface area contributed by atoms with Gasteiger partial charge in [0.15, 0.2) is 23.1 Å². The van der Waals surface area contributed by atoms with Gasteiger partial charge in [-0.15, -0.1) is 0 Å². The molecular formula is C25H32F4O3. The molecule has 0 spiro atoms. The number of halogens is 4. The minimum Gasteiger partial charge on any atom is -0.491 e. The molecule has 3 rings (SSSR count). The van der Waals surface area contributed by atoms with E-state index >= 15 is 4.39 Å². The number of benzene rings is 2. The fraction of sp³-hybridized carbons (Fsp3) is 0.520. The molecule has 0 saturated heterocycles. The third-order valence-electron chi connectivity index (χ3n) is 5.50. The summed E-state index contributed by atoms with van der Waals surface area (Å²) in [5.41, 5.74) is 1.54. The Bertz CT molecular complexity index is 901. The Labute approximate surface area is 187 Å². The highest BCUT2D eigenvalue weighted by atomic mass is 19.2. The lowest BCUT2D eigenvalue weighted by Gasteiger charge is -2.23. The van der Waals surface area contributed by atoms with Crippen molar-refractivity contribution in [2.24, 2.45) is 5.92 Å². The minimum atomic E-state index is -1.15. The number of fused-ring (bicyclic) bond motifs is 2. The van der Waals surface area contributed by atoms with Gasteiger partial charge >= 0.3 is 0 Å². The van der Waals surface area contributed by atoms with E-state index in [0.717, 1.165) is 12.8 Å². The van der Waals surface area contributed by atoms with Gasteiger partial charge in [-0.2, -0.15) is 8.78 Å². The van der Waals surface area contributed by atoms with E-state index in [9.17, 15) is 13.2 Å². The zero-order valence-electron chi connectivity index (χ0n) is 19.4. The zero-order chi connectivity index (χ0) is 23.8. The summed E-state index contributed by atoms with van der Waals surface area (Å²) in [5, 5.41) is 0. The van der Waals surface area contributed by atoms with Crippen molar-refractivity contribution in [1.29, 1.82) is 0 Å². The first-order valence-corrected chi connectivity index (χ1v) is 11.0. The molecule has 178 valence electrons. The van der Waals surface area contributed by atoms with Crippen LogP contribution in [0.1, 0.15) is 57.2 Å². The van der Waals surface area contributed by atoms with Crippen LogP contribution in [-0.4, -0.2) is 26.5 Å². The van der Waals surface area contributed by atoms with Crippen LogP contribution < -0.4 is 9.47 Å². The Morgan fingerprint density at radius 1 is 0.969 bits per heavy atom. The van der Waals surface area contributed by atoms with E-state index in [1.807, 2.05) is 6.92 Å². The second kappa shape index (κ2) is 12.1. The Hall–Kier alpha value is -2.28. The molecule has 0 fully saturated rings. The summed E-state index contributed by atoms with van der Waals surface area (Å²) < 4.78 is 69.8. The molecule has 2 atom stereocenters. The maximum absolute atomic E-state index is 15.1. The Morgan fingerprint density at radius 2 is 1.66 bits per heavy atom. The van der Waals surface area contributed by atoms with E-state index in [1.54, 1.807) is 19.1 Å². The SMILES string of the molecule is CCOc1cc2c(c(F)c1F)Oc1c(ccc(CCC(C)COC(C)CC)c1F)C2.CF. The summed E-state index contributed by atoms with van der Waals surface area (Å²) >= 11 is 0. The summed E-state index contributed by atoms with van der Waals surface area (Å²) in [6.45, 7) is 8.70. The number of hydrogen-bond donors (Lipinski definition) is 0. The largest absolute Gasteiger partial charge is 0.491 e. The van der Waals surface area contributed by atoms with E-state index in [4.69, 9.17) is 14.2 Å². The van der Waals surface area contributed by atoms with Crippen LogP contribution in [0, 0.1) is 23.4 Å². The molecule has 1 heterocycles. The highest BCUT2D eigenvalue weighted by Gasteiger charge is 2.28. The lowest BCUT2D eigenvalue weighted by molar-refractivity contribution is 0.0401. The van der Waals surface area contributed by atoms with E-state index in [-0.39, 0.29) is 42.3 Å². The van der Waals surface area contributed by atoms with Crippen LogP contribution >= 0.6 is 0 Å². The predicted molar refractivity (Wildman–Crippen MR) is 117 cm³/mol. The fourth-order valence-electron chi connectivity index (χ4n) is 3.46. The third-order valence-corrected chi connectivity index (χ3v) is 5.50. The summed E-state index contributed by atoms with van der Waals surface area (Å²) in [6, 6.07) is 4.96. The summed E-state index contributed by atoms with van der Waals surface area (Å²) in [7, 11) is 0.500. The van der Waals surface area contributed by atoms with Crippen LogP contribution in [0.3, 0.4) is 0 Å². The standard InChI is InChI=1S/C24H29F3O3.CH3F/c1-5-15(4)29-13-14(3)7-8-16-9-10-17-11-18-12-19(28-6-2)21(26)22(27)24(18)30-23(17)20(16)25;1-2/h9-10,12,14-15H,5-8,11,13H2,1-4H3;1H3. The number of ether oxygens (including phenoxy) is 3. The summed E-state index contributed by atoms with van der Waals surface area (Å²) in [4.78, 5) is 0. The van der Waals surface area contributed by atoms with Crippen LogP contribution in [0.4, 0.5) is 17.6 Å². The van der Waals surface area contributed by atoms with Crippen LogP contribution in [0.25, 0.3) is 0 Å². The maximum Gasteiger partial charge on any atom is 0.205 e. The number of aryl methyl sites for hydroxylation is 1. The predicted octanol–water partition coefficient (Wildman–Crippen LogP) is 7.17. The summed E-state index contributed by atoms with van der Waals surface area (Å²) in [5.74, 6) is -2.96. The van der Waals surface area contributed by atoms with Crippen molar-refractivity contribution in [3.63, 3.8) is 0 Å². The molecule has 1 aliphatic heterocycles. The monoisotopic (exact) mass is 456 g/mol. The molecule has 0 aromatic heterocycles. The molecule has 2 aromatic carbocycles. The minimum absolute atomic E-state index is 0.0223. The second-order valence-corrected chi connectivity index (χ2v) is 7.93. The number of rotatable bonds is 9. The van der Waals surface area contributed by atoms with Gasteiger partial charge in [0.05, 0.1) is 19.9 Å². The summed E-state index contributed by atoms with van der Waals surface area (Å²) in [6.07, 6.45) is 2.68. The van der Waals surface area contributed by atoms with Crippen molar-refractivity contribution in [3.8, 4) is 17.2 Å². The van der Waals surface area contributed by atoms with Gasteiger partial charge in [0.2, 0.25) is 11.6 Å². The number of alkyl halides is 1. The van der Waals surface area contributed by atoms with E-state index < -0.39 is 17.5 Å². The molecule has 0 saturated carbocycles. The Balaban J connectivity index is 0.00000176. The van der Waals surface area contributed by atoms with Gasteiger partial charge in [-0.05, 0) is 50.7 Å². The molecule has 32 heavy (non-hydrogen) atoms. The van der Waals surface area contributed by atoms with Gasteiger partial charge in [-0.25, -0.2) is 4.39 Å². The van der Waals surface area contributed by atoms with Gasteiger partial charge in [0.1, 0.15) is 0 Å². The molecule has 0 N–H and O–H groups in total. The van der Waals surface area contributed by atoms with Crippen molar-refractivity contribution < 1.29 is 31.8 Å². The topological polar surface area (TPSA) is 27.7 Å². The van der Waals surface area contributed by atoms with Crippen molar-refractivity contribution in [2.75, 3.05) is 20.4 Å². The Kier molecular flexibility index (Phi) is 9.82. The molecule has 0 bridgehead atoms. The van der Waals surface area contributed by atoms with Crippen LogP contribution in [0.5, 0.6) is 17.2 Å². The van der Waals surface area contributed by atoms with Crippen LogP contribution in [0.15, 0.2) is 18.2 Å². The lowest BCUT2D eigenvalue weighted by atomic mass is 9.95. The lowest BCUT2D eigenvalue weighted by Crippen LogP contribution is -2.14. The molecule has 0 radical (unpaired) electrons. The molecule has 0 amide bonds. The highest BCUT2D eigenvalue weighted by molar-refractivity contribution is 5.54. The van der Waals surface area contributed by atoms with E-state index in [2.05, 4.69) is 13.8 Å². The molecule has 7 heteroatoms. The van der Waals surface area contributed by atoms with Crippen molar-refractivity contribution in [2.45, 2.75) is 59.5 Å². The van der Waals surface area contributed by atoms with Gasteiger partial charge in [-0.1, -0.05) is 26.0 Å². The first-order chi connectivity index (χ1) is 15.3.